The fourth-order valence-corrected chi connectivity index (χ4v) is 3.08. The van der Waals surface area contributed by atoms with Gasteiger partial charge in [-0.3, -0.25) is 4.79 Å². The van der Waals surface area contributed by atoms with Crippen LogP contribution in [0, 0.1) is 6.92 Å². The zero-order chi connectivity index (χ0) is 19.7. The predicted molar refractivity (Wildman–Crippen MR) is 93.2 cm³/mol. The number of hydrogen-bond acceptors (Lipinski definition) is 8. The molecule has 5 atom stereocenters. The van der Waals surface area contributed by atoms with E-state index in [9.17, 15) is 24.9 Å². The molecule has 0 saturated carbocycles. The van der Waals surface area contributed by atoms with Gasteiger partial charge in [0.1, 0.15) is 35.7 Å². The lowest BCUT2D eigenvalue weighted by molar-refractivity contribution is -0.244. The average molecular weight is 379 g/mol. The maximum absolute atomic E-state index is 11.6. The number of fused-ring (bicyclic) bond motifs is 1. The molecule has 1 amide bonds. The molecule has 1 saturated heterocycles. The maximum atomic E-state index is 11.6. The van der Waals surface area contributed by atoms with Gasteiger partial charge in [0.05, 0.1) is 6.61 Å². The lowest BCUT2D eigenvalue weighted by Gasteiger charge is -2.42. The molecule has 1 aliphatic rings. The van der Waals surface area contributed by atoms with Gasteiger partial charge in [-0.05, 0) is 24.6 Å². The van der Waals surface area contributed by atoms with Gasteiger partial charge in [0.2, 0.25) is 12.2 Å². The average Bonchev–Trinajstić information content (AvgIpc) is 2.60. The fourth-order valence-electron chi connectivity index (χ4n) is 3.08. The summed E-state index contributed by atoms with van der Waals surface area (Å²) in [4.78, 5) is 23.0. The lowest BCUT2D eigenvalue weighted by atomic mass is 9.97. The Hall–Kier alpha value is -2.46. The summed E-state index contributed by atoms with van der Waals surface area (Å²) in [5, 5.41) is 32.9. The molecule has 1 aromatic heterocycles. The van der Waals surface area contributed by atoms with Crippen molar-refractivity contribution in [3.8, 4) is 5.75 Å². The molecule has 0 spiro atoms. The van der Waals surface area contributed by atoms with E-state index in [4.69, 9.17) is 13.9 Å². The summed E-state index contributed by atoms with van der Waals surface area (Å²) in [5.41, 5.74) is 0.557. The number of amides is 1. The Labute approximate surface area is 154 Å². The minimum atomic E-state index is -1.41. The van der Waals surface area contributed by atoms with Crippen LogP contribution in [0.5, 0.6) is 5.75 Å². The number of carbonyl (C=O) groups is 1. The molecular weight excluding hydrogens is 358 g/mol. The number of hydrogen-bond donors (Lipinski definition) is 4. The third-order valence-electron chi connectivity index (χ3n) is 4.43. The summed E-state index contributed by atoms with van der Waals surface area (Å²) < 4.78 is 16.4. The zero-order valence-electron chi connectivity index (χ0n) is 14.8. The van der Waals surface area contributed by atoms with Crippen LogP contribution < -0.4 is 15.7 Å². The van der Waals surface area contributed by atoms with Crippen molar-refractivity contribution in [3.05, 3.63) is 40.2 Å². The van der Waals surface area contributed by atoms with Crippen LogP contribution >= 0.6 is 0 Å². The van der Waals surface area contributed by atoms with Crippen LogP contribution in [0.15, 0.2) is 33.5 Å². The van der Waals surface area contributed by atoms with Crippen molar-refractivity contribution in [2.75, 3.05) is 6.61 Å². The van der Waals surface area contributed by atoms with Crippen LogP contribution in [0.4, 0.5) is 0 Å². The van der Waals surface area contributed by atoms with Crippen molar-refractivity contribution in [1.29, 1.82) is 0 Å². The number of benzene rings is 1. The topological polar surface area (TPSA) is 138 Å². The normalized spacial score (nSPS) is 28.1. The SMILES string of the molecule is CC(=O)NC1[C@H](Oc2ccc3c(C)cc(=O)oc3c2)OC(CO)[C@@H](O)[C@@H]1O. The van der Waals surface area contributed by atoms with Crippen molar-refractivity contribution < 1.29 is 34.0 Å². The van der Waals surface area contributed by atoms with Gasteiger partial charge in [-0.15, -0.1) is 0 Å². The van der Waals surface area contributed by atoms with E-state index >= 15 is 0 Å². The van der Waals surface area contributed by atoms with Crippen molar-refractivity contribution >= 4 is 16.9 Å². The van der Waals surface area contributed by atoms with Gasteiger partial charge < -0.3 is 34.5 Å². The summed E-state index contributed by atoms with van der Waals surface area (Å²) in [7, 11) is 0. The number of aryl methyl sites for hydroxylation is 1. The zero-order valence-corrected chi connectivity index (χ0v) is 14.8. The Morgan fingerprint density at radius 1 is 1.26 bits per heavy atom. The van der Waals surface area contributed by atoms with Gasteiger partial charge in [-0.25, -0.2) is 4.79 Å². The molecule has 0 bridgehead atoms. The molecule has 1 fully saturated rings. The van der Waals surface area contributed by atoms with Crippen LogP contribution in [0.2, 0.25) is 0 Å². The monoisotopic (exact) mass is 379 g/mol. The number of ether oxygens (including phenoxy) is 2. The quantitative estimate of drug-likeness (QED) is 0.518. The maximum Gasteiger partial charge on any atom is 0.336 e. The van der Waals surface area contributed by atoms with E-state index in [1.165, 1.54) is 19.1 Å². The van der Waals surface area contributed by atoms with Crippen LogP contribution in [-0.4, -0.2) is 58.5 Å². The Kier molecular flexibility index (Phi) is 5.47. The Morgan fingerprint density at radius 3 is 2.67 bits per heavy atom. The fraction of sp³-hybridized carbons (Fsp3) is 0.444. The van der Waals surface area contributed by atoms with E-state index < -0.39 is 48.8 Å². The highest BCUT2D eigenvalue weighted by Gasteiger charge is 2.46. The molecule has 9 nitrogen and oxygen atoms in total. The third kappa shape index (κ3) is 3.96. The number of aliphatic hydroxyl groups excluding tert-OH is 3. The highest BCUT2D eigenvalue weighted by Crippen LogP contribution is 2.27. The predicted octanol–water partition coefficient (Wildman–Crippen LogP) is -0.576. The molecule has 27 heavy (non-hydrogen) atoms. The Balaban J connectivity index is 1.91. The van der Waals surface area contributed by atoms with Crippen molar-refractivity contribution in [1.82, 2.24) is 5.32 Å². The molecule has 2 aromatic rings. The molecule has 1 aliphatic heterocycles. The first-order valence-electron chi connectivity index (χ1n) is 8.41. The van der Waals surface area contributed by atoms with Crippen molar-refractivity contribution in [2.45, 2.75) is 44.5 Å². The van der Waals surface area contributed by atoms with Crippen molar-refractivity contribution in [2.24, 2.45) is 0 Å². The second kappa shape index (κ2) is 7.65. The molecule has 2 unspecified atom stereocenters. The van der Waals surface area contributed by atoms with Gasteiger partial charge in [-0.2, -0.15) is 0 Å². The van der Waals surface area contributed by atoms with E-state index in [-0.39, 0.29) is 5.75 Å². The number of nitrogens with one attached hydrogen (secondary N) is 1. The molecule has 0 radical (unpaired) electrons. The lowest BCUT2D eigenvalue weighted by Crippen LogP contribution is -2.65. The molecule has 0 aliphatic carbocycles. The molecule has 2 heterocycles. The van der Waals surface area contributed by atoms with E-state index in [0.717, 1.165) is 10.9 Å². The smallest absolute Gasteiger partial charge is 0.336 e. The van der Waals surface area contributed by atoms with Gasteiger partial charge in [0, 0.05) is 24.4 Å². The molecule has 4 N–H and O–H groups in total. The van der Waals surface area contributed by atoms with Crippen LogP contribution in [-0.2, 0) is 9.53 Å². The van der Waals surface area contributed by atoms with Gasteiger partial charge >= 0.3 is 5.63 Å². The second-order valence-electron chi connectivity index (χ2n) is 6.46. The second-order valence-corrected chi connectivity index (χ2v) is 6.46. The molecule has 1 aromatic carbocycles. The molecule has 3 rings (SSSR count). The van der Waals surface area contributed by atoms with E-state index in [1.807, 2.05) is 0 Å². The summed E-state index contributed by atoms with van der Waals surface area (Å²) in [6.07, 6.45) is -5.08. The molecule has 146 valence electrons. The van der Waals surface area contributed by atoms with Crippen LogP contribution in [0.25, 0.3) is 11.0 Å². The van der Waals surface area contributed by atoms with Gasteiger partial charge in [0.15, 0.2) is 0 Å². The van der Waals surface area contributed by atoms with E-state index in [1.54, 1.807) is 19.1 Å². The van der Waals surface area contributed by atoms with Gasteiger partial charge in [-0.1, -0.05) is 0 Å². The minimum absolute atomic E-state index is 0.261. The summed E-state index contributed by atoms with van der Waals surface area (Å²) in [6, 6.07) is 5.12. The van der Waals surface area contributed by atoms with Crippen LogP contribution in [0.3, 0.4) is 0 Å². The van der Waals surface area contributed by atoms with Gasteiger partial charge in [0.25, 0.3) is 0 Å². The summed E-state index contributed by atoms with van der Waals surface area (Å²) >= 11 is 0. The molecular formula is C18H21NO8. The standard InChI is InChI=1S/C18H21NO8/c1-8-5-14(22)26-12-6-10(3-4-11(8)12)25-18-15(19-9(2)21)17(24)16(23)13(7-20)27-18/h3-6,13,15-18,20,23-24H,7H2,1-2H3,(H,19,21)/t13?,15?,16-,17-,18-/m1/s1. The highest BCUT2D eigenvalue weighted by atomic mass is 16.7. The Morgan fingerprint density at radius 2 is 2.00 bits per heavy atom. The first kappa shape index (κ1) is 19.3. The third-order valence-corrected chi connectivity index (χ3v) is 4.43. The number of rotatable bonds is 4. The minimum Gasteiger partial charge on any atom is -0.462 e. The Bertz CT molecular complexity index is 895. The first-order valence-corrected chi connectivity index (χ1v) is 8.41. The first-order chi connectivity index (χ1) is 12.8. The van der Waals surface area contributed by atoms with Crippen molar-refractivity contribution in [3.63, 3.8) is 0 Å². The van der Waals surface area contributed by atoms with E-state index in [0.29, 0.717) is 5.58 Å². The van der Waals surface area contributed by atoms with Crippen LogP contribution in [0.1, 0.15) is 12.5 Å². The summed E-state index contributed by atoms with van der Waals surface area (Å²) in [6.45, 7) is 2.48. The number of carbonyl (C=O) groups excluding carboxylic acids is 1. The summed E-state index contributed by atoms with van der Waals surface area (Å²) in [5.74, 6) is -0.192. The largest absolute Gasteiger partial charge is 0.462 e. The highest BCUT2D eigenvalue weighted by molar-refractivity contribution is 5.81. The van der Waals surface area contributed by atoms with E-state index in [2.05, 4.69) is 5.32 Å². The number of aliphatic hydroxyl groups is 3. The molecule has 9 heteroatoms.